The van der Waals surface area contributed by atoms with Crippen molar-refractivity contribution < 1.29 is 9.26 Å². The van der Waals surface area contributed by atoms with Crippen molar-refractivity contribution in [1.82, 2.24) is 20.3 Å². The quantitative estimate of drug-likeness (QED) is 0.859. The SMILES string of the molecule is CCOc1noc(-c2ncn[nH]2)c1CBr. The van der Waals surface area contributed by atoms with Gasteiger partial charge in [0.2, 0.25) is 5.76 Å². The third kappa shape index (κ3) is 1.87. The summed E-state index contributed by atoms with van der Waals surface area (Å²) in [5.74, 6) is 1.58. The van der Waals surface area contributed by atoms with E-state index in [2.05, 4.69) is 36.3 Å². The Hall–Kier alpha value is -1.37. The fraction of sp³-hybridized carbons (Fsp3) is 0.375. The Morgan fingerprint density at radius 2 is 2.47 bits per heavy atom. The van der Waals surface area contributed by atoms with Gasteiger partial charge in [0.1, 0.15) is 6.33 Å². The number of hydrogen-bond acceptors (Lipinski definition) is 5. The van der Waals surface area contributed by atoms with Gasteiger partial charge in [-0.1, -0.05) is 15.9 Å². The van der Waals surface area contributed by atoms with Crippen molar-refractivity contribution in [2.24, 2.45) is 0 Å². The highest BCUT2D eigenvalue weighted by atomic mass is 79.9. The minimum absolute atomic E-state index is 0.487. The van der Waals surface area contributed by atoms with Crippen molar-refractivity contribution >= 4 is 15.9 Å². The molecule has 0 aromatic carbocycles. The Bertz CT molecular complexity index is 426. The van der Waals surface area contributed by atoms with Crippen molar-refractivity contribution in [3.8, 4) is 17.5 Å². The summed E-state index contributed by atoms with van der Waals surface area (Å²) in [6, 6.07) is 0. The summed E-state index contributed by atoms with van der Waals surface area (Å²) in [5, 5.41) is 10.9. The predicted octanol–water partition coefficient (Wildman–Crippen LogP) is 1.75. The molecule has 0 radical (unpaired) electrons. The van der Waals surface area contributed by atoms with Gasteiger partial charge in [-0.05, 0) is 12.1 Å². The van der Waals surface area contributed by atoms with E-state index in [0.717, 1.165) is 5.56 Å². The van der Waals surface area contributed by atoms with Gasteiger partial charge < -0.3 is 9.26 Å². The summed E-state index contributed by atoms with van der Waals surface area (Å²) in [5.41, 5.74) is 0.827. The van der Waals surface area contributed by atoms with Crippen molar-refractivity contribution in [2.75, 3.05) is 6.61 Å². The third-order valence-electron chi connectivity index (χ3n) is 1.80. The maximum atomic E-state index is 5.31. The molecule has 0 saturated carbocycles. The number of nitrogens with zero attached hydrogens (tertiary/aromatic N) is 3. The summed E-state index contributed by atoms with van der Waals surface area (Å²) in [6.45, 7) is 2.43. The zero-order chi connectivity index (χ0) is 10.7. The van der Waals surface area contributed by atoms with Gasteiger partial charge in [-0.3, -0.25) is 5.10 Å². The molecular formula is C8H9BrN4O2. The summed E-state index contributed by atoms with van der Waals surface area (Å²) < 4.78 is 10.5. The number of ether oxygens (including phenoxy) is 1. The minimum atomic E-state index is 0.487. The van der Waals surface area contributed by atoms with Gasteiger partial charge in [0.05, 0.1) is 12.2 Å². The molecule has 2 heterocycles. The second kappa shape index (κ2) is 4.43. The molecular weight excluding hydrogens is 264 g/mol. The first-order valence-corrected chi connectivity index (χ1v) is 5.52. The molecule has 0 saturated heterocycles. The Morgan fingerprint density at radius 1 is 1.60 bits per heavy atom. The molecule has 0 bridgehead atoms. The largest absolute Gasteiger partial charge is 0.476 e. The standard InChI is InChI=1S/C8H9BrN4O2/c1-2-14-8-5(3-9)6(15-13-8)7-10-4-11-12-7/h4H,2-3H2,1H3,(H,10,11,12). The second-order valence-corrected chi connectivity index (χ2v) is 3.26. The molecule has 15 heavy (non-hydrogen) atoms. The monoisotopic (exact) mass is 272 g/mol. The molecule has 0 aliphatic rings. The van der Waals surface area contributed by atoms with Crippen LogP contribution in [0.3, 0.4) is 0 Å². The molecule has 0 unspecified atom stereocenters. The molecule has 0 aliphatic carbocycles. The molecule has 80 valence electrons. The Morgan fingerprint density at radius 3 is 3.07 bits per heavy atom. The minimum Gasteiger partial charge on any atom is -0.476 e. The number of rotatable bonds is 4. The van der Waals surface area contributed by atoms with E-state index in [4.69, 9.17) is 9.26 Å². The van der Waals surface area contributed by atoms with E-state index in [0.29, 0.717) is 29.4 Å². The fourth-order valence-corrected chi connectivity index (χ4v) is 1.66. The molecule has 2 rings (SSSR count). The zero-order valence-electron chi connectivity index (χ0n) is 8.03. The van der Waals surface area contributed by atoms with Crippen LogP contribution in [-0.2, 0) is 5.33 Å². The van der Waals surface area contributed by atoms with Crippen molar-refractivity contribution in [2.45, 2.75) is 12.3 Å². The summed E-state index contributed by atoms with van der Waals surface area (Å²) in [4.78, 5) is 3.99. The topological polar surface area (TPSA) is 76.8 Å². The van der Waals surface area contributed by atoms with Gasteiger partial charge in [0.15, 0.2) is 5.82 Å². The van der Waals surface area contributed by atoms with Crippen LogP contribution in [0.5, 0.6) is 5.88 Å². The van der Waals surface area contributed by atoms with Gasteiger partial charge in [0, 0.05) is 5.33 Å². The second-order valence-electron chi connectivity index (χ2n) is 2.70. The molecule has 0 aliphatic heterocycles. The molecule has 2 aromatic heterocycles. The predicted molar refractivity (Wildman–Crippen MR) is 55.7 cm³/mol. The third-order valence-corrected chi connectivity index (χ3v) is 2.36. The zero-order valence-corrected chi connectivity index (χ0v) is 9.61. The van der Waals surface area contributed by atoms with Crippen LogP contribution in [0.2, 0.25) is 0 Å². The normalized spacial score (nSPS) is 10.5. The lowest BCUT2D eigenvalue weighted by Crippen LogP contribution is -1.94. The van der Waals surface area contributed by atoms with Crippen LogP contribution in [0.15, 0.2) is 10.9 Å². The van der Waals surface area contributed by atoms with Crippen LogP contribution < -0.4 is 4.74 Å². The summed E-state index contributed by atoms with van der Waals surface area (Å²) >= 11 is 3.35. The first-order valence-electron chi connectivity index (χ1n) is 4.39. The number of H-pyrrole nitrogens is 1. The molecule has 0 amide bonds. The van der Waals surface area contributed by atoms with Crippen molar-refractivity contribution in [3.63, 3.8) is 0 Å². The number of aromatic amines is 1. The number of alkyl halides is 1. The first-order chi connectivity index (χ1) is 7.36. The molecule has 0 fully saturated rings. The maximum Gasteiger partial charge on any atom is 0.258 e. The number of aromatic nitrogens is 4. The van der Waals surface area contributed by atoms with Crippen molar-refractivity contribution in [1.29, 1.82) is 0 Å². The van der Waals surface area contributed by atoms with E-state index in [-0.39, 0.29) is 0 Å². The first kappa shape index (κ1) is 10.2. The van der Waals surface area contributed by atoms with E-state index in [1.54, 1.807) is 0 Å². The van der Waals surface area contributed by atoms with E-state index < -0.39 is 0 Å². The number of nitrogens with one attached hydrogen (secondary N) is 1. The van der Waals surface area contributed by atoms with E-state index >= 15 is 0 Å². The van der Waals surface area contributed by atoms with Gasteiger partial charge >= 0.3 is 0 Å². The Kier molecular flexibility index (Phi) is 3.00. The van der Waals surface area contributed by atoms with Gasteiger partial charge in [-0.25, -0.2) is 4.98 Å². The van der Waals surface area contributed by atoms with Crippen LogP contribution in [0, 0.1) is 0 Å². The lowest BCUT2D eigenvalue weighted by atomic mass is 10.3. The Balaban J connectivity index is 2.40. The van der Waals surface area contributed by atoms with Gasteiger partial charge in [0.25, 0.3) is 5.88 Å². The molecule has 1 N–H and O–H groups in total. The van der Waals surface area contributed by atoms with Crippen LogP contribution >= 0.6 is 15.9 Å². The van der Waals surface area contributed by atoms with Crippen LogP contribution in [0.1, 0.15) is 12.5 Å². The molecule has 0 atom stereocenters. The van der Waals surface area contributed by atoms with E-state index in [1.807, 2.05) is 6.92 Å². The molecule has 7 heteroatoms. The Labute approximate surface area is 94.1 Å². The molecule has 2 aromatic rings. The molecule has 6 nitrogen and oxygen atoms in total. The lowest BCUT2D eigenvalue weighted by molar-refractivity contribution is 0.295. The summed E-state index contributed by atoms with van der Waals surface area (Å²) in [6.07, 6.45) is 1.41. The lowest BCUT2D eigenvalue weighted by Gasteiger charge is -1.98. The average molecular weight is 273 g/mol. The van der Waals surface area contributed by atoms with Crippen LogP contribution in [-0.4, -0.2) is 26.9 Å². The number of halogens is 1. The number of hydrogen-bond donors (Lipinski definition) is 1. The fourth-order valence-electron chi connectivity index (χ4n) is 1.16. The van der Waals surface area contributed by atoms with Gasteiger partial charge in [-0.2, -0.15) is 5.10 Å². The smallest absolute Gasteiger partial charge is 0.258 e. The van der Waals surface area contributed by atoms with Crippen LogP contribution in [0.4, 0.5) is 0 Å². The van der Waals surface area contributed by atoms with E-state index in [9.17, 15) is 0 Å². The molecule has 0 spiro atoms. The average Bonchev–Trinajstić information content (AvgIpc) is 2.85. The maximum absolute atomic E-state index is 5.31. The highest BCUT2D eigenvalue weighted by molar-refractivity contribution is 9.08. The highest BCUT2D eigenvalue weighted by Crippen LogP contribution is 2.29. The van der Waals surface area contributed by atoms with Gasteiger partial charge in [-0.15, -0.1) is 0 Å². The van der Waals surface area contributed by atoms with E-state index in [1.165, 1.54) is 6.33 Å². The van der Waals surface area contributed by atoms with Crippen LogP contribution in [0.25, 0.3) is 11.6 Å². The van der Waals surface area contributed by atoms with Crippen molar-refractivity contribution in [3.05, 3.63) is 11.9 Å². The summed E-state index contributed by atoms with van der Waals surface area (Å²) in [7, 11) is 0. The highest BCUT2D eigenvalue weighted by Gasteiger charge is 2.19.